The van der Waals surface area contributed by atoms with Crippen molar-refractivity contribution in [3.63, 3.8) is 0 Å². The second-order valence-corrected chi connectivity index (χ2v) is 4.53. The van der Waals surface area contributed by atoms with Gasteiger partial charge in [0.15, 0.2) is 0 Å². The van der Waals surface area contributed by atoms with E-state index in [4.69, 9.17) is 4.55 Å². The molecule has 0 aliphatic heterocycles. The molecule has 12 heavy (non-hydrogen) atoms. The topological polar surface area (TPSA) is 54.4 Å². The minimum atomic E-state index is -3.88. The Hall–Kier alpha value is 0.910. The van der Waals surface area contributed by atoms with E-state index in [1.54, 1.807) is 20.8 Å². The van der Waals surface area contributed by atoms with Gasteiger partial charge in [-0.25, -0.2) is 0 Å². The Morgan fingerprint density at radius 3 is 1.33 bits per heavy atom. The zero-order chi connectivity index (χ0) is 9.12. The van der Waals surface area contributed by atoms with Gasteiger partial charge in [0, 0.05) is 0 Å². The van der Waals surface area contributed by atoms with Crippen molar-refractivity contribution in [2.75, 3.05) is 0 Å². The number of hydrogen-bond donors (Lipinski definition) is 1. The van der Waals surface area contributed by atoms with Crippen LogP contribution >= 0.6 is 0 Å². The van der Waals surface area contributed by atoms with Gasteiger partial charge in [0.05, 0.1) is 4.75 Å². The number of hydrogen-bond acceptors (Lipinski definition) is 2. The van der Waals surface area contributed by atoms with E-state index in [2.05, 4.69) is 0 Å². The Labute approximate surface area is 97.0 Å². The summed E-state index contributed by atoms with van der Waals surface area (Å²) in [6, 6.07) is 0. The fraction of sp³-hybridized carbons (Fsp3) is 1.00. The third kappa shape index (κ3) is 3.00. The molecule has 0 saturated carbocycles. The van der Waals surface area contributed by atoms with Crippen LogP contribution in [0.1, 0.15) is 40.0 Å². The molecule has 0 aromatic carbocycles. The zero-order valence-electron chi connectivity index (χ0n) is 7.29. The summed E-state index contributed by atoms with van der Waals surface area (Å²) in [6.45, 7) is 5.34. The summed E-state index contributed by atoms with van der Waals surface area (Å²) >= 11 is 0. The molecule has 3 nitrogen and oxygen atoms in total. The fourth-order valence-electron chi connectivity index (χ4n) is 1.30. The molecule has 70 valence electrons. The summed E-state index contributed by atoms with van der Waals surface area (Å²) in [5.41, 5.74) is 0. The average Bonchev–Trinajstić information content (AvgIpc) is 1.90. The Bertz CT molecular complexity index is 198. The molecule has 0 unspecified atom stereocenters. The van der Waals surface area contributed by atoms with E-state index in [-0.39, 0.29) is 29.6 Å². The van der Waals surface area contributed by atoms with Gasteiger partial charge in [0.2, 0.25) is 0 Å². The summed E-state index contributed by atoms with van der Waals surface area (Å²) in [6.07, 6.45) is 1.41. The van der Waals surface area contributed by atoms with E-state index in [0.717, 1.165) is 0 Å². The van der Waals surface area contributed by atoms with E-state index < -0.39 is 14.9 Å². The van der Waals surface area contributed by atoms with Gasteiger partial charge in [-0.2, -0.15) is 8.42 Å². The molecule has 0 saturated heterocycles. The Kier molecular flexibility index (Phi) is 7.18. The van der Waals surface area contributed by atoms with E-state index in [1.165, 1.54) is 0 Å². The molecule has 5 heteroatoms. The SMILES string of the molecule is CCC(CC)(CC)S(=O)(=O)O.[NaH]. The first-order valence-electron chi connectivity index (χ1n) is 3.90. The Balaban J connectivity index is 0. The quantitative estimate of drug-likeness (QED) is 0.553. The van der Waals surface area contributed by atoms with Gasteiger partial charge in [-0.3, -0.25) is 4.55 Å². The van der Waals surface area contributed by atoms with Crippen LogP contribution in [0.25, 0.3) is 0 Å². The standard InChI is InChI=1S/C7H16O3S.Na.H/c1-4-7(5-2,6-3)11(8,9)10;;/h4-6H2,1-3H3,(H,8,9,10);;. The first-order chi connectivity index (χ1) is 4.93. The maximum atomic E-state index is 10.9. The van der Waals surface area contributed by atoms with Crippen LogP contribution in [0.3, 0.4) is 0 Å². The molecule has 0 aliphatic rings. The maximum absolute atomic E-state index is 10.9. The molecule has 0 amide bonds. The molecule has 0 aromatic rings. The Morgan fingerprint density at radius 1 is 1.08 bits per heavy atom. The monoisotopic (exact) mass is 204 g/mol. The molecular formula is C7H17NaO3S. The number of rotatable bonds is 4. The summed E-state index contributed by atoms with van der Waals surface area (Å²) in [5, 5.41) is 0. The van der Waals surface area contributed by atoms with Gasteiger partial charge in [0.1, 0.15) is 0 Å². The van der Waals surface area contributed by atoms with Crippen molar-refractivity contribution in [3.8, 4) is 0 Å². The van der Waals surface area contributed by atoms with Gasteiger partial charge in [-0.05, 0) is 19.3 Å². The van der Waals surface area contributed by atoms with E-state index in [1.807, 2.05) is 0 Å². The second-order valence-electron chi connectivity index (χ2n) is 2.72. The van der Waals surface area contributed by atoms with Crippen molar-refractivity contribution < 1.29 is 13.0 Å². The van der Waals surface area contributed by atoms with Gasteiger partial charge in [-0.15, -0.1) is 0 Å². The van der Waals surface area contributed by atoms with Crippen LogP contribution in [0.5, 0.6) is 0 Å². The summed E-state index contributed by atoms with van der Waals surface area (Å²) in [5.74, 6) is 0. The van der Waals surface area contributed by atoms with Crippen LogP contribution in [0.15, 0.2) is 0 Å². The van der Waals surface area contributed by atoms with Gasteiger partial charge >= 0.3 is 29.6 Å². The van der Waals surface area contributed by atoms with Crippen LogP contribution in [0, 0.1) is 0 Å². The molecule has 0 atom stereocenters. The molecular weight excluding hydrogens is 187 g/mol. The van der Waals surface area contributed by atoms with Crippen molar-refractivity contribution in [2.45, 2.75) is 44.8 Å². The summed E-state index contributed by atoms with van der Waals surface area (Å²) in [7, 11) is -3.88. The molecule has 0 aliphatic carbocycles. The molecule has 0 radical (unpaired) electrons. The molecule has 0 rings (SSSR count). The molecule has 0 bridgehead atoms. The van der Waals surface area contributed by atoms with Crippen LogP contribution in [0.2, 0.25) is 0 Å². The van der Waals surface area contributed by atoms with Crippen molar-refractivity contribution in [1.82, 2.24) is 0 Å². The zero-order valence-corrected chi connectivity index (χ0v) is 8.11. The van der Waals surface area contributed by atoms with Crippen LogP contribution < -0.4 is 0 Å². The molecule has 0 aromatic heterocycles. The van der Waals surface area contributed by atoms with Gasteiger partial charge < -0.3 is 0 Å². The average molecular weight is 204 g/mol. The first-order valence-corrected chi connectivity index (χ1v) is 5.34. The molecule has 1 N–H and O–H groups in total. The van der Waals surface area contributed by atoms with Crippen LogP contribution in [0.4, 0.5) is 0 Å². The van der Waals surface area contributed by atoms with Crippen molar-refractivity contribution in [2.24, 2.45) is 0 Å². The first kappa shape index (κ1) is 15.4. The van der Waals surface area contributed by atoms with E-state index >= 15 is 0 Å². The second kappa shape index (κ2) is 5.60. The predicted octanol–water partition coefficient (Wildman–Crippen LogP) is 1.19. The minimum absolute atomic E-state index is 0. The van der Waals surface area contributed by atoms with Crippen molar-refractivity contribution in [3.05, 3.63) is 0 Å². The summed E-state index contributed by atoms with van der Waals surface area (Å²) in [4.78, 5) is 0. The van der Waals surface area contributed by atoms with E-state index in [9.17, 15) is 8.42 Å². The van der Waals surface area contributed by atoms with Crippen LogP contribution in [-0.2, 0) is 10.1 Å². The molecule has 0 heterocycles. The van der Waals surface area contributed by atoms with Gasteiger partial charge in [0.25, 0.3) is 10.1 Å². The normalized spacial score (nSPS) is 12.3. The van der Waals surface area contributed by atoms with E-state index in [0.29, 0.717) is 19.3 Å². The van der Waals surface area contributed by atoms with Crippen molar-refractivity contribution >= 4 is 39.7 Å². The third-order valence-corrected chi connectivity index (χ3v) is 4.44. The predicted molar refractivity (Wildman–Crippen MR) is 52.3 cm³/mol. The molecule has 0 spiro atoms. The fourth-order valence-corrected chi connectivity index (χ4v) is 2.39. The molecule has 0 fully saturated rings. The Morgan fingerprint density at radius 2 is 1.33 bits per heavy atom. The van der Waals surface area contributed by atoms with Crippen LogP contribution in [-0.4, -0.2) is 47.3 Å². The third-order valence-electron chi connectivity index (χ3n) is 2.48. The van der Waals surface area contributed by atoms with Crippen molar-refractivity contribution in [1.29, 1.82) is 0 Å². The van der Waals surface area contributed by atoms with Gasteiger partial charge in [-0.1, -0.05) is 20.8 Å². The summed E-state index contributed by atoms with van der Waals surface area (Å²) < 4.78 is 29.8.